The number of hydrogen-bond acceptors (Lipinski definition) is 2. The van der Waals surface area contributed by atoms with Crippen LogP contribution >= 0.6 is 69.6 Å². The van der Waals surface area contributed by atoms with Gasteiger partial charge in [-0.25, -0.2) is 4.79 Å². The van der Waals surface area contributed by atoms with Gasteiger partial charge in [-0.05, 0) is 0 Å². The molecule has 2 bridgehead atoms. The monoisotopic (exact) mass is 370 g/mol. The Kier molecular flexibility index (Phi) is 4.05. The molecule has 0 aromatic rings. The lowest BCUT2D eigenvalue weighted by Gasteiger charge is -2.36. The molecule has 2 saturated carbocycles. The predicted molar refractivity (Wildman–Crippen MR) is 75.5 cm³/mol. The molecule has 2 rings (SSSR count). The third-order valence-corrected chi connectivity index (χ3v) is 7.59. The average Bonchev–Trinajstić information content (AvgIpc) is 2.53. The summed E-state index contributed by atoms with van der Waals surface area (Å²) >= 11 is 37.4. The SMILES string of the molecule is C=CC(=O)OC1C2C(Cl)C(Cl)C(Cl)(C1Cl)C2(Cl)Cl. The van der Waals surface area contributed by atoms with E-state index in [1.54, 1.807) is 0 Å². The Bertz CT molecular complexity index is 400. The Balaban J connectivity index is 2.39. The summed E-state index contributed by atoms with van der Waals surface area (Å²) in [4.78, 5) is 9.93. The summed E-state index contributed by atoms with van der Waals surface area (Å²) in [6, 6.07) is 0. The van der Waals surface area contributed by atoms with E-state index < -0.39 is 43.3 Å². The number of hydrogen-bond donors (Lipinski definition) is 0. The van der Waals surface area contributed by atoms with E-state index in [4.69, 9.17) is 74.3 Å². The number of rotatable bonds is 2. The maximum atomic E-state index is 11.3. The van der Waals surface area contributed by atoms with Gasteiger partial charge in [0.25, 0.3) is 0 Å². The predicted octanol–water partition coefficient (Wildman–Crippen LogP) is 3.70. The first-order valence-corrected chi connectivity index (χ1v) is 7.46. The molecular weight excluding hydrogens is 365 g/mol. The zero-order valence-electron chi connectivity index (χ0n) is 8.76. The van der Waals surface area contributed by atoms with E-state index in [0.717, 1.165) is 6.08 Å². The van der Waals surface area contributed by atoms with Crippen molar-refractivity contribution >= 4 is 75.6 Å². The molecule has 2 aliphatic carbocycles. The van der Waals surface area contributed by atoms with E-state index in [1.165, 1.54) is 0 Å². The molecule has 0 N–H and O–H groups in total. The second kappa shape index (κ2) is 4.75. The normalized spacial score (nSPS) is 49.1. The molecule has 2 nitrogen and oxygen atoms in total. The molecule has 102 valence electrons. The molecule has 18 heavy (non-hydrogen) atoms. The van der Waals surface area contributed by atoms with Gasteiger partial charge in [-0.1, -0.05) is 29.8 Å². The van der Waals surface area contributed by atoms with E-state index in [0.29, 0.717) is 0 Å². The smallest absolute Gasteiger partial charge is 0.330 e. The average molecular weight is 373 g/mol. The first kappa shape index (κ1) is 15.3. The maximum absolute atomic E-state index is 11.3. The molecule has 8 heteroatoms. The minimum Gasteiger partial charge on any atom is -0.457 e. The number of ether oxygens (including phenoxy) is 1. The topological polar surface area (TPSA) is 26.3 Å². The number of carbonyl (C=O) groups excluding carboxylic acids is 1. The van der Waals surface area contributed by atoms with Crippen LogP contribution in [-0.2, 0) is 9.53 Å². The van der Waals surface area contributed by atoms with Gasteiger partial charge >= 0.3 is 5.97 Å². The first-order chi connectivity index (χ1) is 8.19. The number of esters is 1. The van der Waals surface area contributed by atoms with Crippen LogP contribution < -0.4 is 0 Å². The Hall–Kier alpha value is 0.950. The van der Waals surface area contributed by atoms with Gasteiger partial charge in [0.2, 0.25) is 0 Å². The van der Waals surface area contributed by atoms with Crippen LogP contribution in [0.1, 0.15) is 0 Å². The largest absolute Gasteiger partial charge is 0.457 e. The Morgan fingerprint density at radius 3 is 2.17 bits per heavy atom. The molecule has 0 aromatic heterocycles. The number of carbonyl (C=O) groups is 1. The standard InChI is InChI=1S/C10H8Cl6O2/c1-2-3(17)18-6-4-5(11)7(12)9(14,8(6)13)10(4,15)16/h2,4-8H,1H2. The van der Waals surface area contributed by atoms with Crippen molar-refractivity contribution in [3.05, 3.63) is 12.7 Å². The van der Waals surface area contributed by atoms with Gasteiger partial charge in [0, 0.05) is 6.08 Å². The Labute approximate surface area is 134 Å². The molecular formula is C10H8Cl6O2. The van der Waals surface area contributed by atoms with Crippen molar-refractivity contribution in [2.24, 2.45) is 5.92 Å². The first-order valence-electron chi connectivity index (χ1n) is 5.01. The fourth-order valence-electron chi connectivity index (χ4n) is 2.51. The third kappa shape index (κ3) is 1.73. The van der Waals surface area contributed by atoms with Crippen LogP contribution in [0, 0.1) is 5.92 Å². The molecule has 0 spiro atoms. The highest BCUT2D eigenvalue weighted by molar-refractivity contribution is 6.59. The molecule has 0 aliphatic heterocycles. The fourth-order valence-corrected chi connectivity index (χ4v) is 5.88. The number of fused-ring (bicyclic) bond motifs is 2. The van der Waals surface area contributed by atoms with Crippen molar-refractivity contribution in [2.75, 3.05) is 0 Å². The van der Waals surface area contributed by atoms with Gasteiger partial charge in [0.1, 0.15) is 15.3 Å². The summed E-state index contributed by atoms with van der Waals surface area (Å²) in [5, 5.41) is -2.20. The summed E-state index contributed by atoms with van der Waals surface area (Å²) in [5.41, 5.74) is 0. The molecule has 0 radical (unpaired) electrons. The summed E-state index contributed by atoms with van der Waals surface area (Å²) < 4.78 is 3.67. The highest BCUT2D eigenvalue weighted by Gasteiger charge is 2.80. The Morgan fingerprint density at radius 1 is 1.17 bits per heavy atom. The van der Waals surface area contributed by atoms with E-state index in [1.807, 2.05) is 0 Å². The molecule has 0 heterocycles. The van der Waals surface area contributed by atoms with Gasteiger partial charge in [-0.2, -0.15) is 0 Å². The second-order valence-electron chi connectivity index (χ2n) is 4.27. The molecule has 2 fully saturated rings. The molecule has 0 saturated heterocycles. The lowest BCUT2D eigenvalue weighted by molar-refractivity contribution is -0.144. The van der Waals surface area contributed by atoms with E-state index in [2.05, 4.69) is 6.58 Å². The van der Waals surface area contributed by atoms with E-state index in [9.17, 15) is 4.79 Å². The molecule has 0 aromatic carbocycles. The molecule has 6 atom stereocenters. The van der Waals surface area contributed by atoms with Gasteiger partial charge in [-0.3, -0.25) is 0 Å². The molecule has 2 aliphatic rings. The number of alkyl halides is 6. The van der Waals surface area contributed by atoms with Crippen molar-refractivity contribution in [3.63, 3.8) is 0 Å². The van der Waals surface area contributed by atoms with Crippen molar-refractivity contribution in [2.45, 2.75) is 31.4 Å². The van der Waals surface area contributed by atoms with Crippen molar-refractivity contribution in [3.8, 4) is 0 Å². The number of halogens is 6. The fraction of sp³-hybridized carbons (Fsp3) is 0.700. The van der Waals surface area contributed by atoms with E-state index >= 15 is 0 Å². The van der Waals surface area contributed by atoms with Gasteiger partial charge in [0.05, 0.1) is 22.0 Å². The van der Waals surface area contributed by atoms with Crippen molar-refractivity contribution in [1.29, 1.82) is 0 Å². The van der Waals surface area contributed by atoms with Crippen molar-refractivity contribution in [1.82, 2.24) is 0 Å². The highest BCUT2D eigenvalue weighted by Crippen LogP contribution is 2.68. The zero-order chi connectivity index (χ0) is 13.9. The van der Waals surface area contributed by atoms with Crippen LogP contribution in [0.25, 0.3) is 0 Å². The minimum absolute atomic E-state index is 0.641. The lowest BCUT2D eigenvalue weighted by atomic mass is 9.95. The van der Waals surface area contributed by atoms with Crippen LogP contribution in [0.4, 0.5) is 0 Å². The van der Waals surface area contributed by atoms with Gasteiger partial charge in [-0.15, -0.1) is 46.4 Å². The lowest BCUT2D eigenvalue weighted by Crippen LogP contribution is -2.51. The van der Waals surface area contributed by atoms with Gasteiger partial charge in [0.15, 0.2) is 0 Å². The quantitative estimate of drug-likeness (QED) is 0.419. The second-order valence-corrected chi connectivity index (χ2v) is 7.73. The summed E-state index contributed by atoms with van der Waals surface area (Å²) in [5.74, 6) is -1.29. The van der Waals surface area contributed by atoms with Crippen LogP contribution in [-0.4, -0.2) is 37.4 Å². The minimum atomic E-state index is -1.47. The van der Waals surface area contributed by atoms with Crippen LogP contribution in [0.3, 0.4) is 0 Å². The van der Waals surface area contributed by atoms with Crippen LogP contribution in [0.5, 0.6) is 0 Å². The molecule has 0 amide bonds. The summed E-state index contributed by atoms with van der Waals surface area (Å²) in [6.45, 7) is 3.30. The van der Waals surface area contributed by atoms with Crippen LogP contribution in [0.2, 0.25) is 0 Å². The maximum Gasteiger partial charge on any atom is 0.330 e. The van der Waals surface area contributed by atoms with Gasteiger partial charge < -0.3 is 4.74 Å². The van der Waals surface area contributed by atoms with Crippen LogP contribution in [0.15, 0.2) is 12.7 Å². The van der Waals surface area contributed by atoms with E-state index in [-0.39, 0.29) is 0 Å². The molecule has 6 unspecified atom stereocenters. The Morgan fingerprint density at radius 2 is 1.72 bits per heavy atom. The zero-order valence-corrected chi connectivity index (χ0v) is 13.3. The summed E-state index contributed by atoms with van der Waals surface area (Å²) in [6.07, 6.45) is 0.212. The summed E-state index contributed by atoms with van der Waals surface area (Å²) in [7, 11) is 0. The van der Waals surface area contributed by atoms with Crippen molar-refractivity contribution < 1.29 is 9.53 Å². The highest BCUT2D eigenvalue weighted by atomic mass is 35.5. The third-order valence-electron chi connectivity index (χ3n) is 3.42.